The molecule has 124 valence electrons. The van der Waals surface area contributed by atoms with Crippen molar-refractivity contribution < 1.29 is 23.5 Å². The topological polar surface area (TPSA) is 85.6 Å². The van der Waals surface area contributed by atoms with E-state index in [0.29, 0.717) is 12.0 Å². The SMILES string of the molecule is C=CCCC(=O)c1cc(C(=O)OC)oc1NC(=O)c1ccccc1. The van der Waals surface area contributed by atoms with Crippen LogP contribution in [0.2, 0.25) is 0 Å². The molecule has 0 bridgehead atoms. The van der Waals surface area contributed by atoms with E-state index < -0.39 is 11.9 Å². The number of ether oxygens (including phenoxy) is 1. The first-order valence-electron chi connectivity index (χ1n) is 7.29. The second-order valence-corrected chi connectivity index (χ2v) is 4.92. The number of anilines is 1. The van der Waals surface area contributed by atoms with Crippen LogP contribution in [0.3, 0.4) is 0 Å². The molecule has 0 radical (unpaired) electrons. The first-order valence-corrected chi connectivity index (χ1v) is 7.29. The maximum Gasteiger partial charge on any atom is 0.374 e. The number of benzene rings is 1. The second kappa shape index (κ2) is 7.92. The number of rotatable bonds is 7. The van der Waals surface area contributed by atoms with Crippen LogP contribution in [0, 0.1) is 0 Å². The number of hydrogen-bond acceptors (Lipinski definition) is 5. The van der Waals surface area contributed by atoms with Gasteiger partial charge in [0, 0.05) is 18.1 Å². The molecule has 0 spiro atoms. The summed E-state index contributed by atoms with van der Waals surface area (Å²) in [6.07, 6.45) is 2.28. The molecular formula is C18H17NO5. The minimum atomic E-state index is -0.729. The summed E-state index contributed by atoms with van der Waals surface area (Å²) in [5.74, 6) is -1.66. The van der Waals surface area contributed by atoms with Crippen LogP contribution in [-0.2, 0) is 4.74 Å². The van der Waals surface area contributed by atoms with Crippen LogP contribution < -0.4 is 5.32 Å². The van der Waals surface area contributed by atoms with Gasteiger partial charge in [0.2, 0.25) is 11.6 Å². The van der Waals surface area contributed by atoms with Crippen LogP contribution in [0.4, 0.5) is 5.88 Å². The number of ketones is 1. The van der Waals surface area contributed by atoms with Gasteiger partial charge in [0.1, 0.15) is 0 Å². The summed E-state index contributed by atoms with van der Waals surface area (Å²) in [5.41, 5.74) is 0.527. The summed E-state index contributed by atoms with van der Waals surface area (Å²) >= 11 is 0. The zero-order chi connectivity index (χ0) is 17.5. The number of nitrogens with one attached hydrogen (secondary N) is 1. The van der Waals surface area contributed by atoms with E-state index in [1.165, 1.54) is 13.2 Å². The van der Waals surface area contributed by atoms with E-state index >= 15 is 0 Å². The van der Waals surface area contributed by atoms with Crippen LogP contribution >= 0.6 is 0 Å². The van der Waals surface area contributed by atoms with Gasteiger partial charge in [-0.25, -0.2) is 4.79 Å². The van der Waals surface area contributed by atoms with E-state index in [-0.39, 0.29) is 29.4 Å². The van der Waals surface area contributed by atoms with Crippen molar-refractivity contribution in [1.29, 1.82) is 0 Å². The lowest BCUT2D eigenvalue weighted by Crippen LogP contribution is -2.13. The lowest BCUT2D eigenvalue weighted by Gasteiger charge is -2.04. The Morgan fingerprint density at radius 3 is 2.58 bits per heavy atom. The van der Waals surface area contributed by atoms with Gasteiger partial charge in [0.25, 0.3) is 5.91 Å². The number of carbonyl (C=O) groups excluding carboxylic acids is 3. The lowest BCUT2D eigenvalue weighted by atomic mass is 10.1. The van der Waals surface area contributed by atoms with Crippen molar-refractivity contribution >= 4 is 23.5 Å². The van der Waals surface area contributed by atoms with E-state index in [1.54, 1.807) is 36.4 Å². The van der Waals surface area contributed by atoms with Crippen molar-refractivity contribution in [3.8, 4) is 0 Å². The summed E-state index contributed by atoms with van der Waals surface area (Å²) in [6, 6.07) is 9.73. The molecule has 24 heavy (non-hydrogen) atoms. The fourth-order valence-electron chi connectivity index (χ4n) is 2.02. The summed E-state index contributed by atoms with van der Waals surface area (Å²) in [4.78, 5) is 36.1. The molecule has 1 amide bonds. The van der Waals surface area contributed by atoms with Crippen LogP contribution in [-0.4, -0.2) is 24.8 Å². The van der Waals surface area contributed by atoms with Gasteiger partial charge in [-0.15, -0.1) is 6.58 Å². The van der Waals surface area contributed by atoms with E-state index in [1.807, 2.05) is 0 Å². The van der Waals surface area contributed by atoms with E-state index in [4.69, 9.17) is 4.42 Å². The number of methoxy groups -OCH3 is 1. The predicted octanol–water partition coefficient (Wildman–Crippen LogP) is 3.47. The summed E-state index contributed by atoms with van der Waals surface area (Å²) in [6.45, 7) is 3.56. The Kier molecular flexibility index (Phi) is 5.68. The summed E-state index contributed by atoms with van der Waals surface area (Å²) in [7, 11) is 1.20. The Bertz CT molecular complexity index is 761. The number of carbonyl (C=O) groups is 3. The van der Waals surface area contributed by atoms with Gasteiger partial charge < -0.3 is 9.15 Å². The van der Waals surface area contributed by atoms with Crippen LogP contribution in [0.5, 0.6) is 0 Å². The Morgan fingerprint density at radius 1 is 1.25 bits per heavy atom. The molecule has 0 atom stereocenters. The Hall–Kier alpha value is -3.15. The highest BCUT2D eigenvalue weighted by molar-refractivity contribution is 6.09. The second-order valence-electron chi connectivity index (χ2n) is 4.92. The van der Waals surface area contributed by atoms with E-state index in [0.717, 1.165) is 0 Å². The highest BCUT2D eigenvalue weighted by Crippen LogP contribution is 2.24. The molecule has 0 saturated heterocycles. The third kappa shape index (κ3) is 3.98. The van der Waals surface area contributed by atoms with Crippen molar-refractivity contribution in [2.24, 2.45) is 0 Å². The fourth-order valence-corrected chi connectivity index (χ4v) is 2.02. The molecule has 0 saturated carbocycles. The molecule has 0 aliphatic heterocycles. The number of esters is 1. The molecule has 2 rings (SSSR count). The van der Waals surface area contributed by atoms with Crippen molar-refractivity contribution in [2.45, 2.75) is 12.8 Å². The molecule has 1 aromatic heterocycles. The van der Waals surface area contributed by atoms with Crippen LogP contribution in [0.15, 0.2) is 53.5 Å². The maximum atomic E-state index is 12.3. The van der Waals surface area contributed by atoms with Crippen molar-refractivity contribution in [1.82, 2.24) is 0 Å². The third-order valence-electron chi connectivity index (χ3n) is 3.26. The molecule has 0 unspecified atom stereocenters. The monoisotopic (exact) mass is 327 g/mol. The minimum Gasteiger partial charge on any atom is -0.463 e. The maximum absolute atomic E-state index is 12.3. The quantitative estimate of drug-likeness (QED) is 0.478. The molecule has 1 aromatic carbocycles. The standard InChI is InChI=1S/C18H17NO5/c1-3-4-10-14(20)13-11-15(18(22)23-2)24-17(13)19-16(21)12-8-6-5-7-9-12/h3,5-9,11H,1,4,10H2,2H3,(H,19,21). The van der Waals surface area contributed by atoms with Gasteiger partial charge in [-0.3, -0.25) is 14.9 Å². The van der Waals surface area contributed by atoms with Gasteiger partial charge >= 0.3 is 5.97 Å². The molecule has 6 heteroatoms. The average Bonchev–Trinajstić information content (AvgIpc) is 3.03. The van der Waals surface area contributed by atoms with Gasteiger partial charge in [-0.05, 0) is 18.6 Å². The number of Topliss-reactive ketones (excluding diaryl/α,β-unsaturated/α-hetero) is 1. The number of amides is 1. The Morgan fingerprint density at radius 2 is 1.96 bits per heavy atom. The zero-order valence-electron chi connectivity index (χ0n) is 13.2. The molecule has 6 nitrogen and oxygen atoms in total. The van der Waals surface area contributed by atoms with Gasteiger partial charge in [0.05, 0.1) is 12.7 Å². The van der Waals surface area contributed by atoms with Crippen LogP contribution in [0.1, 0.15) is 44.1 Å². The third-order valence-corrected chi connectivity index (χ3v) is 3.26. The van der Waals surface area contributed by atoms with Gasteiger partial charge in [0.15, 0.2) is 5.78 Å². The number of furan rings is 1. The zero-order valence-corrected chi connectivity index (χ0v) is 13.2. The smallest absolute Gasteiger partial charge is 0.374 e. The fraction of sp³-hybridized carbons (Fsp3) is 0.167. The van der Waals surface area contributed by atoms with Crippen molar-refractivity contribution in [3.05, 3.63) is 65.9 Å². The Balaban J connectivity index is 2.30. The molecular weight excluding hydrogens is 310 g/mol. The largest absolute Gasteiger partial charge is 0.463 e. The molecule has 1 heterocycles. The highest BCUT2D eigenvalue weighted by atomic mass is 16.5. The predicted molar refractivity (Wildman–Crippen MR) is 88.2 cm³/mol. The van der Waals surface area contributed by atoms with Crippen LogP contribution in [0.25, 0.3) is 0 Å². The Labute approximate surface area is 139 Å². The molecule has 0 aliphatic rings. The number of allylic oxidation sites excluding steroid dienone is 1. The summed E-state index contributed by atoms with van der Waals surface area (Å²) < 4.78 is 9.89. The van der Waals surface area contributed by atoms with Crippen molar-refractivity contribution in [2.75, 3.05) is 12.4 Å². The van der Waals surface area contributed by atoms with Crippen molar-refractivity contribution in [3.63, 3.8) is 0 Å². The molecule has 2 aromatic rings. The minimum absolute atomic E-state index is 0.0710. The highest BCUT2D eigenvalue weighted by Gasteiger charge is 2.23. The normalized spacial score (nSPS) is 10.0. The lowest BCUT2D eigenvalue weighted by molar-refractivity contribution is 0.0565. The van der Waals surface area contributed by atoms with Gasteiger partial charge in [-0.2, -0.15) is 0 Å². The van der Waals surface area contributed by atoms with E-state index in [2.05, 4.69) is 16.6 Å². The first kappa shape index (κ1) is 17.2. The number of hydrogen-bond donors (Lipinski definition) is 1. The molecule has 0 aliphatic carbocycles. The average molecular weight is 327 g/mol. The van der Waals surface area contributed by atoms with Gasteiger partial charge in [-0.1, -0.05) is 24.3 Å². The molecule has 0 fully saturated rings. The first-order chi connectivity index (χ1) is 11.6. The molecule has 1 N–H and O–H groups in total. The van der Waals surface area contributed by atoms with E-state index in [9.17, 15) is 14.4 Å². The summed E-state index contributed by atoms with van der Waals surface area (Å²) in [5, 5.41) is 2.52.